The molecule has 0 aliphatic rings. The predicted molar refractivity (Wildman–Crippen MR) is 113 cm³/mol. The minimum atomic E-state index is -3.66. The van der Waals surface area contributed by atoms with E-state index in [2.05, 4.69) is 10.0 Å². The summed E-state index contributed by atoms with van der Waals surface area (Å²) in [6.07, 6.45) is 0. The normalized spacial score (nSPS) is 12.3. The zero-order valence-corrected chi connectivity index (χ0v) is 17.6. The third-order valence-corrected chi connectivity index (χ3v) is 6.04. The Morgan fingerprint density at radius 1 is 1.10 bits per heavy atom. The van der Waals surface area contributed by atoms with Gasteiger partial charge in [0.1, 0.15) is 11.3 Å². The van der Waals surface area contributed by atoms with Gasteiger partial charge in [0, 0.05) is 34.8 Å². The third-order valence-electron chi connectivity index (χ3n) is 4.29. The zero-order chi connectivity index (χ0) is 21.4. The van der Waals surface area contributed by atoms with Crippen molar-refractivity contribution in [3.63, 3.8) is 0 Å². The second kappa shape index (κ2) is 7.53. The summed E-state index contributed by atoms with van der Waals surface area (Å²) in [6.45, 7) is 7.28. The van der Waals surface area contributed by atoms with Crippen molar-refractivity contribution in [2.24, 2.45) is 0 Å². The fraction of sp³-hybridized carbons (Fsp3) is 0.286. The second-order valence-electron chi connectivity index (χ2n) is 7.91. The van der Waals surface area contributed by atoms with Crippen LogP contribution in [0.5, 0.6) is 5.75 Å². The average Bonchev–Trinajstić information content (AvgIpc) is 2.61. The van der Waals surface area contributed by atoms with Gasteiger partial charge in [-0.3, -0.25) is 0 Å². The Labute approximate surface area is 169 Å². The number of hydrogen-bond donors (Lipinski definition) is 3. The summed E-state index contributed by atoms with van der Waals surface area (Å²) < 4.78 is 33.0. The van der Waals surface area contributed by atoms with Crippen molar-refractivity contribution in [3.05, 3.63) is 64.0 Å². The fourth-order valence-corrected chi connectivity index (χ4v) is 4.46. The number of phenols is 1. The number of benzene rings is 2. The van der Waals surface area contributed by atoms with Crippen molar-refractivity contribution >= 4 is 26.7 Å². The Bertz CT molecular complexity index is 1220. The van der Waals surface area contributed by atoms with E-state index in [1.165, 1.54) is 12.1 Å². The minimum absolute atomic E-state index is 0.0509. The number of aromatic hydroxyl groups is 1. The molecule has 8 heteroatoms. The summed E-state index contributed by atoms with van der Waals surface area (Å²) in [6, 6.07) is 11.1. The lowest BCUT2D eigenvalue weighted by Gasteiger charge is -2.20. The van der Waals surface area contributed by atoms with Crippen LogP contribution >= 0.6 is 0 Å². The molecule has 7 nitrogen and oxygen atoms in total. The maximum atomic E-state index is 12.5. The highest BCUT2D eigenvalue weighted by Crippen LogP contribution is 2.28. The van der Waals surface area contributed by atoms with E-state index in [-0.39, 0.29) is 17.2 Å². The summed E-state index contributed by atoms with van der Waals surface area (Å²) in [5.74, 6) is 0.0509. The van der Waals surface area contributed by atoms with Gasteiger partial charge >= 0.3 is 5.63 Å². The van der Waals surface area contributed by atoms with Crippen LogP contribution in [0.25, 0.3) is 11.0 Å². The van der Waals surface area contributed by atoms with Crippen LogP contribution in [0.15, 0.2) is 56.6 Å². The maximum absolute atomic E-state index is 12.5. The largest absolute Gasteiger partial charge is 0.508 e. The number of hydrogen-bond acceptors (Lipinski definition) is 6. The second-order valence-corrected chi connectivity index (χ2v) is 9.60. The Morgan fingerprint density at radius 2 is 1.83 bits per heavy atom. The molecule has 0 saturated carbocycles. The van der Waals surface area contributed by atoms with E-state index in [1.54, 1.807) is 58.0 Å². The first kappa shape index (κ1) is 20.9. The van der Waals surface area contributed by atoms with Crippen LogP contribution < -0.4 is 15.7 Å². The number of phenolic OH excluding ortho intramolecular Hbond substituents is 1. The van der Waals surface area contributed by atoms with Crippen LogP contribution in [0.1, 0.15) is 31.9 Å². The molecule has 0 atom stereocenters. The predicted octanol–water partition coefficient (Wildman–Crippen LogP) is 3.50. The van der Waals surface area contributed by atoms with Gasteiger partial charge in [0.2, 0.25) is 10.0 Å². The van der Waals surface area contributed by atoms with E-state index >= 15 is 0 Å². The highest BCUT2D eigenvalue weighted by molar-refractivity contribution is 7.89. The number of nitrogens with one attached hydrogen (secondary N) is 2. The van der Waals surface area contributed by atoms with Gasteiger partial charge in [-0.2, -0.15) is 0 Å². The summed E-state index contributed by atoms with van der Waals surface area (Å²) in [5.41, 5.74) is 0.985. The van der Waals surface area contributed by atoms with Crippen molar-refractivity contribution in [1.82, 2.24) is 4.72 Å². The number of rotatable bonds is 5. The van der Waals surface area contributed by atoms with Crippen LogP contribution in [0.4, 0.5) is 5.69 Å². The number of anilines is 1. The number of sulfonamides is 1. The van der Waals surface area contributed by atoms with Crippen LogP contribution in [-0.4, -0.2) is 19.1 Å². The van der Waals surface area contributed by atoms with Crippen LogP contribution in [0, 0.1) is 6.92 Å². The molecule has 1 heterocycles. The van der Waals surface area contributed by atoms with Gasteiger partial charge < -0.3 is 14.8 Å². The average molecular weight is 416 g/mol. The van der Waals surface area contributed by atoms with Crippen molar-refractivity contribution in [1.29, 1.82) is 0 Å². The quantitative estimate of drug-likeness (QED) is 0.550. The lowest BCUT2D eigenvalue weighted by Crippen LogP contribution is -2.40. The molecular formula is C21H24N2O5S. The molecule has 29 heavy (non-hydrogen) atoms. The number of aryl methyl sites for hydroxylation is 1. The van der Waals surface area contributed by atoms with Crippen LogP contribution in [0.3, 0.4) is 0 Å². The van der Waals surface area contributed by atoms with Gasteiger partial charge in [-0.1, -0.05) is 6.07 Å². The van der Waals surface area contributed by atoms with Crippen LogP contribution in [0.2, 0.25) is 0 Å². The standard InChI is InChI=1S/C21H24N2O5S/c1-13-18(24)9-8-17-14(10-19(25)28-20(13)17)12-22-15-6-5-7-16(11-15)29(26,27)23-21(2,3)4/h5-11,22-24H,12H2,1-4H3. The van der Waals surface area contributed by atoms with E-state index in [4.69, 9.17) is 4.42 Å². The van der Waals surface area contributed by atoms with E-state index in [0.717, 1.165) is 0 Å². The van der Waals surface area contributed by atoms with Gasteiger partial charge in [0.05, 0.1) is 4.90 Å². The molecule has 0 unspecified atom stereocenters. The molecule has 0 radical (unpaired) electrons. The highest BCUT2D eigenvalue weighted by atomic mass is 32.2. The summed E-state index contributed by atoms with van der Waals surface area (Å²) >= 11 is 0. The van der Waals surface area contributed by atoms with Gasteiger partial charge in [-0.05, 0) is 63.6 Å². The summed E-state index contributed by atoms with van der Waals surface area (Å²) in [4.78, 5) is 12.1. The molecule has 0 aliphatic carbocycles. The molecule has 3 N–H and O–H groups in total. The highest BCUT2D eigenvalue weighted by Gasteiger charge is 2.22. The Morgan fingerprint density at radius 3 is 2.52 bits per heavy atom. The lowest BCUT2D eigenvalue weighted by molar-refractivity contribution is 0.468. The first-order chi connectivity index (χ1) is 13.5. The van der Waals surface area contributed by atoms with Crippen molar-refractivity contribution in [3.8, 4) is 5.75 Å². The monoisotopic (exact) mass is 416 g/mol. The van der Waals surface area contributed by atoms with Crippen molar-refractivity contribution in [2.45, 2.75) is 44.7 Å². The summed E-state index contributed by atoms with van der Waals surface area (Å²) in [5, 5.41) is 13.7. The first-order valence-electron chi connectivity index (χ1n) is 9.09. The molecule has 1 aromatic heterocycles. The van der Waals surface area contributed by atoms with Crippen molar-refractivity contribution in [2.75, 3.05) is 5.32 Å². The molecule has 2 aromatic carbocycles. The van der Waals surface area contributed by atoms with E-state index in [1.807, 2.05) is 0 Å². The van der Waals surface area contributed by atoms with Crippen molar-refractivity contribution < 1.29 is 17.9 Å². The van der Waals surface area contributed by atoms with Gasteiger partial charge in [0.15, 0.2) is 0 Å². The molecule has 3 rings (SSSR count). The molecule has 0 bridgehead atoms. The van der Waals surface area contributed by atoms with Gasteiger partial charge in [0.25, 0.3) is 0 Å². The molecule has 3 aromatic rings. The van der Waals surface area contributed by atoms with Gasteiger partial charge in [-0.15, -0.1) is 0 Å². The maximum Gasteiger partial charge on any atom is 0.336 e. The Kier molecular flexibility index (Phi) is 5.42. The molecule has 0 saturated heterocycles. The molecule has 154 valence electrons. The van der Waals surface area contributed by atoms with E-state index in [9.17, 15) is 18.3 Å². The fourth-order valence-electron chi connectivity index (χ4n) is 2.99. The van der Waals surface area contributed by atoms with E-state index in [0.29, 0.717) is 27.8 Å². The Balaban J connectivity index is 1.90. The van der Waals surface area contributed by atoms with E-state index < -0.39 is 21.2 Å². The molecular weight excluding hydrogens is 392 g/mol. The number of fused-ring (bicyclic) bond motifs is 1. The Hall–Kier alpha value is -2.84. The molecule has 0 spiro atoms. The first-order valence-corrected chi connectivity index (χ1v) is 10.6. The van der Waals surface area contributed by atoms with Crippen LogP contribution in [-0.2, 0) is 16.6 Å². The third kappa shape index (κ3) is 4.78. The lowest BCUT2D eigenvalue weighted by atomic mass is 10.1. The van der Waals surface area contributed by atoms with Gasteiger partial charge in [-0.25, -0.2) is 17.9 Å². The molecule has 0 amide bonds. The SMILES string of the molecule is Cc1c(O)ccc2c(CNc3cccc(S(=O)(=O)NC(C)(C)C)c3)cc(=O)oc12. The smallest absolute Gasteiger partial charge is 0.336 e. The zero-order valence-electron chi connectivity index (χ0n) is 16.7. The minimum Gasteiger partial charge on any atom is -0.508 e. The summed E-state index contributed by atoms with van der Waals surface area (Å²) in [7, 11) is -3.66. The topological polar surface area (TPSA) is 109 Å². The molecule has 0 aliphatic heterocycles. The molecule has 0 fully saturated rings.